The van der Waals surface area contributed by atoms with Crippen LogP contribution in [0.2, 0.25) is 0 Å². The minimum Gasteiger partial charge on any atom is -0.370 e. The smallest absolute Gasteiger partial charge is 0.191 e. The molecule has 0 bridgehead atoms. The number of nitrogens with zero attached hydrogens (tertiary/aromatic N) is 2. The maximum Gasteiger partial charge on any atom is 0.191 e. The Balaban J connectivity index is 0.00000180. The Morgan fingerprint density at radius 3 is 2.16 bits per heavy atom. The van der Waals surface area contributed by atoms with Gasteiger partial charge in [-0.1, -0.05) is 44.9 Å². The van der Waals surface area contributed by atoms with Gasteiger partial charge in [0.15, 0.2) is 5.96 Å². The van der Waals surface area contributed by atoms with Crippen LogP contribution in [0.4, 0.5) is 0 Å². The van der Waals surface area contributed by atoms with Gasteiger partial charge in [0.05, 0.1) is 0 Å². The molecule has 19 heavy (non-hydrogen) atoms. The van der Waals surface area contributed by atoms with Gasteiger partial charge >= 0.3 is 0 Å². The Kier molecular flexibility index (Phi) is 8.83. The number of halogens is 1. The van der Waals surface area contributed by atoms with Gasteiger partial charge in [0.1, 0.15) is 0 Å². The predicted molar refractivity (Wildman–Crippen MR) is 93.1 cm³/mol. The van der Waals surface area contributed by atoms with Gasteiger partial charge in [-0.15, -0.1) is 24.0 Å². The van der Waals surface area contributed by atoms with E-state index in [1.165, 1.54) is 64.2 Å². The highest BCUT2D eigenvalue weighted by molar-refractivity contribution is 14.0. The van der Waals surface area contributed by atoms with Crippen molar-refractivity contribution in [3.05, 3.63) is 0 Å². The van der Waals surface area contributed by atoms with Crippen LogP contribution in [0.25, 0.3) is 0 Å². The first kappa shape index (κ1) is 17.1. The molecule has 0 aromatic heterocycles. The van der Waals surface area contributed by atoms with Gasteiger partial charge in [-0.25, -0.2) is 0 Å². The molecule has 1 heterocycles. The Morgan fingerprint density at radius 2 is 1.53 bits per heavy atom. The summed E-state index contributed by atoms with van der Waals surface area (Å²) >= 11 is 0. The van der Waals surface area contributed by atoms with E-state index in [9.17, 15) is 0 Å². The van der Waals surface area contributed by atoms with Gasteiger partial charge in [-0.2, -0.15) is 0 Å². The zero-order valence-corrected chi connectivity index (χ0v) is 14.5. The quantitative estimate of drug-likeness (QED) is 0.461. The van der Waals surface area contributed by atoms with E-state index in [4.69, 9.17) is 5.73 Å². The molecule has 112 valence electrons. The highest BCUT2D eigenvalue weighted by Crippen LogP contribution is 2.26. The van der Waals surface area contributed by atoms with Crippen molar-refractivity contribution in [2.45, 2.75) is 64.2 Å². The number of hydrogen-bond donors (Lipinski definition) is 1. The van der Waals surface area contributed by atoms with Crippen LogP contribution in [0.3, 0.4) is 0 Å². The second-order valence-electron chi connectivity index (χ2n) is 5.93. The van der Waals surface area contributed by atoms with E-state index >= 15 is 0 Å². The van der Waals surface area contributed by atoms with Crippen LogP contribution in [0, 0.1) is 5.92 Å². The third-order valence-corrected chi connectivity index (χ3v) is 4.47. The number of aliphatic imine (C=N–C) groups is 1. The third kappa shape index (κ3) is 6.32. The van der Waals surface area contributed by atoms with Crippen molar-refractivity contribution < 1.29 is 0 Å². The van der Waals surface area contributed by atoms with E-state index < -0.39 is 0 Å². The summed E-state index contributed by atoms with van der Waals surface area (Å²) in [4.78, 5) is 6.89. The van der Waals surface area contributed by atoms with Gasteiger partial charge in [0.25, 0.3) is 0 Å². The molecule has 0 unspecified atom stereocenters. The second-order valence-corrected chi connectivity index (χ2v) is 5.93. The summed E-state index contributed by atoms with van der Waals surface area (Å²) in [7, 11) is 0. The molecular weight excluding hydrogens is 349 g/mol. The summed E-state index contributed by atoms with van der Waals surface area (Å²) in [5.41, 5.74) is 6.11. The Hall–Kier alpha value is 0. The topological polar surface area (TPSA) is 41.6 Å². The number of hydrogen-bond acceptors (Lipinski definition) is 1. The van der Waals surface area contributed by atoms with Crippen LogP contribution in [-0.4, -0.2) is 30.5 Å². The lowest BCUT2D eigenvalue weighted by atomic mass is 9.87. The molecule has 1 aliphatic heterocycles. The zero-order valence-electron chi connectivity index (χ0n) is 12.1. The maximum absolute atomic E-state index is 6.11. The van der Waals surface area contributed by atoms with E-state index in [0.717, 1.165) is 31.5 Å². The molecule has 0 aromatic rings. The first-order chi connectivity index (χ1) is 8.86. The predicted octanol–water partition coefficient (Wildman–Crippen LogP) is 3.77. The highest BCUT2D eigenvalue weighted by atomic mass is 127. The summed E-state index contributed by atoms with van der Waals surface area (Å²) in [5.74, 6) is 1.71. The van der Waals surface area contributed by atoms with Crippen LogP contribution in [0.15, 0.2) is 4.99 Å². The van der Waals surface area contributed by atoms with E-state index in [1.54, 1.807) is 0 Å². The number of likely N-dealkylation sites (tertiary alicyclic amines) is 1. The fourth-order valence-electron chi connectivity index (χ4n) is 3.24. The summed E-state index contributed by atoms with van der Waals surface area (Å²) in [6, 6.07) is 0. The lowest BCUT2D eigenvalue weighted by Gasteiger charge is -2.22. The van der Waals surface area contributed by atoms with Gasteiger partial charge in [-0.05, 0) is 25.2 Å². The van der Waals surface area contributed by atoms with E-state index in [-0.39, 0.29) is 24.0 Å². The molecule has 4 heteroatoms. The van der Waals surface area contributed by atoms with Crippen LogP contribution in [-0.2, 0) is 0 Å². The van der Waals surface area contributed by atoms with Gasteiger partial charge in [0.2, 0.25) is 0 Å². The molecule has 2 N–H and O–H groups in total. The molecule has 2 rings (SSSR count). The molecule has 0 radical (unpaired) electrons. The SMILES string of the molecule is I.NC(=NCCC1CCCCC1)N1CCCCCC1. The van der Waals surface area contributed by atoms with Crippen molar-refractivity contribution in [1.29, 1.82) is 0 Å². The largest absolute Gasteiger partial charge is 0.370 e. The first-order valence-electron chi connectivity index (χ1n) is 7.91. The minimum atomic E-state index is 0. The third-order valence-electron chi connectivity index (χ3n) is 4.47. The molecule has 2 fully saturated rings. The Morgan fingerprint density at radius 1 is 0.947 bits per heavy atom. The van der Waals surface area contributed by atoms with Crippen molar-refractivity contribution >= 4 is 29.9 Å². The molecule has 0 aromatic carbocycles. The number of rotatable bonds is 3. The van der Waals surface area contributed by atoms with Crippen molar-refractivity contribution in [3.63, 3.8) is 0 Å². The lowest BCUT2D eigenvalue weighted by Crippen LogP contribution is -2.38. The summed E-state index contributed by atoms with van der Waals surface area (Å²) in [6.07, 6.45) is 13.6. The van der Waals surface area contributed by atoms with Crippen molar-refractivity contribution in [1.82, 2.24) is 4.90 Å². The fraction of sp³-hybridized carbons (Fsp3) is 0.933. The van der Waals surface area contributed by atoms with Gasteiger partial charge < -0.3 is 10.6 Å². The molecule has 0 amide bonds. The monoisotopic (exact) mass is 379 g/mol. The highest BCUT2D eigenvalue weighted by Gasteiger charge is 2.13. The van der Waals surface area contributed by atoms with E-state index in [2.05, 4.69) is 9.89 Å². The zero-order chi connectivity index (χ0) is 12.6. The fourth-order valence-corrected chi connectivity index (χ4v) is 3.24. The molecule has 3 nitrogen and oxygen atoms in total. The Bertz CT molecular complexity index is 254. The average Bonchev–Trinajstić information content (AvgIpc) is 2.69. The lowest BCUT2D eigenvalue weighted by molar-refractivity contribution is 0.342. The molecule has 2 aliphatic rings. The first-order valence-corrected chi connectivity index (χ1v) is 7.91. The summed E-state index contributed by atoms with van der Waals surface area (Å²) in [6.45, 7) is 3.16. The van der Waals surface area contributed by atoms with Crippen LogP contribution in [0.5, 0.6) is 0 Å². The number of nitrogens with two attached hydrogens (primary N) is 1. The standard InChI is InChI=1S/C15H29N3.HI/c16-15(18-12-6-1-2-7-13-18)17-11-10-14-8-4-3-5-9-14;/h14H,1-13H2,(H2,16,17);1H. The molecule has 1 saturated heterocycles. The molecule has 0 spiro atoms. The minimum absolute atomic E-state index is 0. The molecule has 1 saturated carbocycles. The summed E-state index contributed by atoms with van der Waals surface area (Å²) < 4.78 is 0. The molecular formula is C15H30IN3. The van der Waals surface area contributed by atoms with Crippen molar-refractivity contribution in [2.24, 2.45) is 16.6 Å². The number of guanidine groups is 1. The van der Waals surface area contributed by atoms with Gasteiger partial charge in [0, 0.05) is 19.6 Å². The van der Waals surface area contributed by atoms with Crippen LogP contribution < -0.4 is 5.73 Å². The maximum atomic E-state index is 6.11. The van der Waals surface area contributed by atoms with Crippen LogP contribution in [0.1, 0.15) is 64.2 Å². The van der Waals surface area contributed by atoms with E-state index in [0.29, 0.717) is 0 Å². The van der Waals surface area contributed by atoms with E-state index in [1.807, 2.05) is 0 Å². The van der Waals surface area contributed by atoms with Gasteiger partial charge in [-0.3, -0.25) is 4.99 Å². The molecule has 0 atom stereocenters. The summed E-state index contributed by atoms with van der Waals surface area (Å²) in [5, 5.41) is 0. The van der Waals surface area contributed by atoms with Crippen LogP contribution >= 0.6 is 24.0 Å². The average molecular weight is 379 g/mol. The normalized spacial score (nSPS) is 22.7. The Labute approximate surface area is 135 Å². The van der Waals surface area contributed by atoms with Crippen molar-refractivity contribution in [2.75, 3.05) is 19.6 Å². The van der Waals surface area contributed by atoms with Crippen molar-refractivity contribution in [3.8, 4) is 0 Å². The second kappa shape index (κ2) is 9.83. The molecule has 1 aliphatic carbocycles.